The molecule has 0 aliphatic carbocycles. The first-order valence-corrected chi connectivity index (χ1v) is 4.16. The Labute approximate surface area is 67.2 Å². The summed E-state index contributed by atoms with van der Waals surface area (Å²) in [6.07, 6.45) is 2.68. The van der Waals surface area contributed by atoms with Gasteiger partial charge in [-0.2, -0.15) is 0 Å². The summed E-state index contributed by atoms with van der Waals surface area (Å²) < 4.78 is 0.925. The molecule has 0 amide bonds. The van der Waals surface area contributed by atoms with Gasteiger partial charge < -0.3 is 14.4 Å². The molecule has 3 heteroatoms. The van der Waals surface area contributed by atoms with E-state index in [4.69, 9.17) is 0 Å². The third-order valence-corrected chi connectivity index (χ3v) is 2.50. The number of aliphatic carboxylic acids is 1. The number of carbonyl (C=O) groups excluding carboxylic acids is 1. The lowest BCUT2D eigenvalue weighted by atomic mass is 10.3. The molecule has 1 rings (SSSR count). The molecule has 3 nitrogen and oxygen atoms in total. The quantitative estimate of drug-likeness (QED) is 0.512. The zero-order valence-electron chi connectivity index (χ0n) is 7.01. The van der Waals surface area contributed by atoms with Gasteiger partial charge in [-0.3, -0.25) is 0 Å². The van der Waals surface area contributed by atoms with Crippen LogP contribution in [-0.4, -0.2) is 37.1 Å². The van der Waals surface area contributed by atoms with Crippen LogP contribution in [-0.2, 0) is 4.79 Å². The highest BCUT2D eigenvalue weighted by molar-refractivity contribution is 5.64. The summed E-state index contributed by atoms with van der Waals surface area (Å²) in [6, 6.07) is 0. The van der Waals surface area contributed by atoms with Crippen LogP contribution in [0.15, 0.2) is 0 Å². The fourth-order valence-electron chi connectivity index (χ4n) is 1.68. The van der Waals surface area contributed by atoms with Crippen molar-refractivity contribution < 1.29 is 14.4 Å². The molecule has 1 aliphatic heterocycles. The SMILES string of the molecule is C[N+]1(CCC(=O)[O-])CCCC1. The number of nitrogens with zero attached hydrogens (tertiary/aromatic N) is 1. The third kappa shape index (κ3) is 2.50. The van der Waals surface area contributed by atoms with E-state index in [1.807, 2.05) is 0 Å². The molecule has 0 N–H and O–H groups in total. The number of rotatable bonds is 3. The molecule has 1 heterocycles. The molecule has 1 saturated heterocycles. The fraction of sp³-hybridized carbons (Fsp3) is 0.875. The van der Waals surface area contributed by atoms with E-state index < -0.39 is 5.97 Å². The van der Waals surface area contributed by atoms with E-state index in [0.29, 0.717) is 0 Å². The van der Waals surface area contributed by atoms with E-state index >= 15 is 0 Å². The minimum Gasteiger partial charge on any atom is -0.550 e. The van der Waals surface area contributed by atoms with Crippen molar-refractivity contribution in [3.05, 3.63) is 0 Å². The van der Waals surface area contributed by atoms with Gasteiger partial charge in [0.15, 0.2) is 0 Å². The Morgan fingerprint density at radius 3 is 2.45 bits per heavy atom. The van der Waals surface area contributed by atoms with E-state index in [9.17, 15) is 9.90 Å². The minimum atomic E-state index is -0.920. The van der Waals surface area contributed by atoms with Crippen molar-refractivity contribution in [1.82, 2.24) is 0 Å². The van der Waals surface area contributed by atoms with Crippen LogP contribution in [0.5, 0.6) is 0 Å². The maximum absolute atomic E-state index is 10.2. The van der Waals surface area contributed by atoms with Gasteiger partial charge in [-0.05, 0) is 0 Å². The molecule has 11 heavy (non-hydrogen) atoms. The maximum Gasteiger partial charge on any atom is 0.0837 e. The smallest absolute Gasteiger partial charge is 0.0837 e. The van der Waals surface area contributed by atoms with E-state index in [0.717, 1.165) is 24.1 Å². The third-order valence-electron chi connectivity index (χ3n) is 2.50. The molecule has 0 aromatic carbocycles. The minimum absolute atomic E-state index is 0.205. The van der Waals surface area contributed by atoms with Gasteiger partial charge in [0.05, 0.1) is 26.7 Å². The standard InChI is InChI=1S/C8H15NO2/c1-9(5-2-3-6-9)7-4-8(10)11/h2-7H2,1H3. The van der Waals surface area contributed by atoms with Gasteiger partial charge in [0.2, 0.25) is 0 Å². The van der Waals surface area contributed by atoms with Crippen molar-refractivity contribution in [3.63, 3.8) is 0 Å². The van der Waals surface area contributed by atoms with Gasteiger partial charge in [-0.25, -0.2) is 0 Å². The number of carbonyl (C=O) groups is 1. The van der Waals surface area contributed by atoms with Gasteiger partial charge in [0.1, 0.15) is 0 Å². The fourth-order valence-corrected chi connectivity index (χ4v) is 1.68. The van der Waals surface area contributed by atoms with Crippen LogP contribution in [0.4, 0.5) is 0 Å². The average Bonchev–Trinajstić information content (AvgIpc) is 2.33. The second kappa shape index (κ2) is 3.22. The second-order valence-corrected chi connectivity index (χ2v) is 3.62. The van der Waals surface area contributed by atoms with Crippen LogP contribution in [0, 0.1) is 0 Å². The highest BCUT2D eigenvalue weighted by atomic mass is 16.4. The number of carboxylic acids is 1. The Morgan fingerprint density at radius 2 is 2.00 bits per heavy atom. The Hall–Kier alpha value is -0.570. The molecule has 0 aromatic heterocycles. The van der Waals surface area contributed by atoms with Crippen molar-refractivity contribution in [3.8, 4) is 0 Å². The molecule has 0 spiro atoms. The highest BCUT2D eigenvalue weighted by Gasteiger charge is 2.25. The Balaban J connectivity index is 2.28. The average molecular weight is 157 g/mol. The molecular weight excluding hydrogens is 142 g/mol. The summed E-state index contributed by atoms with van der Waals surface area (Å²) in [5.74, 6) is -0.920. The Kier molecular flexibility index (Phi) is 2.49. The molecule has 0 unspecified atom stereocenters. The summed E-state index contributed by atoms with van der Waals surface area (Å²) in [6.45, 7) is 3.00. The number of quaternary nitrogens is 1. The van der Waals surface area contributed by atoms with Gasteiger partial charge in [-0.1, -0.05) is 0 Å². The number of carboxylic acid groups (broad SMARTS) is 1. The topological polar surface area (TPSA) is 40.1 Å². The highest BCUT2D eigenvalue weighted by Crippen LogP contribution is 2.16. The van der Waals surface area contributed by atoms with Gasteiger partial charge in [-0.15, -0.1) is 0 Å². The first-order valence-electron chi connectivity index (χ1n) is 4.16. The molecule has 64 valence electrons. The second-order valence-electron chi connectivity index (χ2n) is 3.62. The van der Waals surface area contributed by atoms with Crippen LogP contribution in [0.25, 0.3) is 0 Å². The summed E-state index contributed by atoms with van der Waals surface area (Å²) in [7, 11) is 2.12. The Morgan fingerprint density at radius 1 is 1.45 bits per heavy atom. The van der Waals surface area contributed by atoms with Crippen molar-refractivity contribution in [1.29, 1.82) is 0 Å². The summed E-state index contributed by atoms with van der Waals surface area (Å²) >= 11 is 0. The predicted octanol–water partition coefficient (Wildman–Crippen LogP) is -0.633. The van der Waals surface area contributed by atoms with Crippen LogP contribution in [0.2, 0.25) is 0 Å². The summed E-state index contributed by atoms with van der Waals surface area (Å²) in [4.78, 5) is 10.2. The van der Waals surface area contributed by atoms with Crippen LogP contribution in [0.3, 0.4) is 0 Å². The zero-order chi connectivity index (χ0) is 8.32. The first kappa shape index (κ1) is 8.53. The van der Waals surface area contributed by atoms with Crippen LogP contribution >= 0.6 is 0 Å². The van der Waals surface area contributed by atoms with Crippen LogP contribution in [0.1, 0.15) is 19.3 Å². The lowest BCUT2D eigenvalue weighted by Crippen LogP contribution is -2.43. The molecule has 0 atom stereocenters. The summed E-state index contributed by atoms with van der Waals surface area (Å²) in [5, 5.41) is 10.2. The van der Waals surface area contributed by atoms with E-state index in [-0.39, 0.29) is 6.42 Å². The first-order chi connectivity index (χ1) is 5.12. The van der Waals surface area contributed by atoms with E-state index in [1.54, 1.807) is 0 Å². The number of likely N-dealkylation sites (tertiary alicyclic amines) is 1. The van der Waals surface area contributed by atoms with Gasteiger partial charge in [0.25, 0.3) is 0 Å². The largest absolute Gasteiger partial charge is 0.550 e. The molecule has 1 fully saturated rings. The van der Waals surface area contributed by atoms with Crippen molar-refractivity contribution in [2.24, 2.45) is 0 Å². The molecule has 0 bridgehead atoms. The Bertz CT molecular complexity index is 150. The maximum atomic E-state index is 10.2. The monoisotopic (exact) mass is 157 g/mol. The van der Waals surface area contributed by atoms with Crippen molar-refractivity contribution in [2.75, 3.05) is 26.7 Å². The normalized spacial score (nSPS) is 21.9. The molecule has 0 saturated carbocycles. The number of hydrogen-bond acceptors (Lipinski definition) is 2. The molecular formula is C8H15NO2. The molecule has 0 radical (unpaired) electrons. The lowest BCUT2D eigenvalue weighted by molar-refractivity contribution is -0.897. The number of hydrogen-bond donors (Lipinski definition) is 0. The molecule has 1 aliphatic rings. The van der Waals surface area contributed by atoms with E-state index in [1.165, 1.54) is 12.8 Å². The zero-order valence-corrected chi connectivity index (χ0v) is 7.01. The molecule has 0 aromatic rings. The van der Waals surface area contributed by atoms with Gasteiger partial charge >= 0.3 is 0 Å². The lowest BCUT2D eigenvalue weighted by Gasteiger charge is -2.29. The van der Waals surface area contributed by atoms with Crippen LogP contribution < -0.4 is 5.11 Å². The van der Waals surface area contributed by atoms with Crippen molar-refractivity contribution in [2.45, 2.75) is 19.3 Å². The predicted molar refractivity (Wildman–Crippen MR) is 39.6 cm³/mol. The van der Waals surface area contributed by atoms with Gasteiger partial charge in [0, 0.05) is 25.2 Å². The van der Waals surface area contributed by atoms with E-state index in [2.05, 4.69) is 7.05 Å². The van der Waals surface area contributed by atoms with Crippen molar-refractivity contribution >= 4 is 5.97 Å². The summed E-state index contributed by atoms with van der Waals surface area (Å²) in [5.41, 5.74) is 0.